The molecule has 0 radical (unpaired) electrons. The Balaban J connectivity index is 1.83. The first-order valence-electron chi connectivity index (χ1n) is 14.4. The average molecular weight is 669 g/mol. The van der Waals surface area contributed by atoms with E-state index in [4.69, 9.17) is 27.9 Å². The van der Waals surface area contributed by atoms with Gasteiger partial charge in [-0.3, -0.25) is 13.9 Å². The Labute approximate surface area is 274 Å². The predicted octanol–water partition coefficient (Wildman–Crippen LogP) is 6.36. The molecule has 11 heteroatoms. The van der Waals surface area contributed by atoms with Crippen molar-refractivity contribution in [3.63, 3.8) is 0 Å². The topological polar surface area (TPSA) is 96.0 Å². The third-order valence-corrected chi connectivity index (χ3v) is 9.42. The van der Waals surface area contributed by atoms with Gasteiger partial charge in [0.15, 0.2) is 0 Å². The van der Waals surface area contributed by atoms with Crippen molar-refractivity contribution in [2.45, 2.75) is 37.2 Å². The number of rotatable bonds is 14. The lowest BCUT2D eigenvalue weighted by Crippen LogP contribution is -2.53. The summed E-state index contributed by atoms with van der Waals surface area (Å²) in [5.74, 6) is -0.384. The van der Waals surface area contributed by atoms with Crippen LogP contribution >= 0.6 is 23.2 Å². The molecule has 0 aromatic heterocycles. The molecule has 0 aliphatic carbocycles. The standard InChI is InChI=1S/C34H35Cl2N3O5S/c1-3-19-37-34(41)32(21-25-11-6-4-7-12-25)38(23-26-13-10-14-28(20-26)44-2)33(40)24-39(31-22-27(35)17-18-30(31)36)45(42,43)29-15-8-5-9-16-29/h4-18,20,22,32H,3,19,21,23-24H2,1-2H3,(H,37,41)/t32-/m1/s1. The minimum Gasteiger partial charge on any atom is -0.497 e. The van der Waals surface area contributed by atoms with Gasteiger partial charge in [-0.2, -0.15) is 0 Å². The van der Waals surface area contributed by atoms with Crippen molar-refractivity contribution in [1.29, 1.82) is 0 Å². The van der Waals surface area contributed by atoms with E-state index in [0.29, 0.717) is 24.3 Å². The quantitative estimate of drug-likeness (QED) is 0.169. The molecule has 45 heavy (non-hydrogen) atoms. The molecule has 0 spiro atoms. The highest BCUT2D eigenvalue weighted by molar-refractivity contribution is 7.92. The van der Waals surface area contributed by atoms with Crippen LogP contribution in [0.5, 0.6) is 5.75 Å². The smallest absolute Gasteiger partial charge is 0.264 e. The Morgan fingerprint density at radius 1 is 0.867 bits per heavy atom. The summed E-state index contributed by atoms with van der Waals surface area (Å²) in [4.78, 5) is 29.6. The summed E-state index contributed by atoms with van der Waals surface area (Å²) in [5, 5.41) is 3.26. The summed E-state index contributed by atoms with van der Waals surface area (Å²) >= 11 is 12.8. The molecule has 4 aromatic carbocycles. The van der Waals surface area contributed by atoms with E-state index in [0.717, 1.165) is 9.87 Å². The van der Waals surface area contributed by atoms with E-state index in [9.17, 15) is 18.0 Å². The van der Waals surface area contributed by atoms with E-state index in [1.54, 1.807) is 43.5 Å². The number of methoxy groups -OCH3 is 1. The molecule has 0 fully saturated rings. The monoisotopic (exact) mass is 667 g/mol. The second-order valence-corrected chi connectivity index (χ2v) is 13.0. The van der Waals surface area contributed by atoms with Crippen LogP contribution in [-0.4, -0.2) is 51.4 Å². The van der Waals surface area contributed by atoms with Crippen LogP contribution in [0.3, 0.4) is 0 Å². The number of anilines is 1. The molecule has 0 heterocycles. The van der Waals surface area contributed by atoms with Crippen LogP contribution in [0.1, 0.15) is 24.5 Å². The number of sulfonamides is 1. The Morgan fingerprint density at radius 3 is 2.20 bits per heavy atom. The van der Waals surface area contributed by atoms with E-state index >= 15 is 0 Å². The second kappa shape index (κ2) is 15.8. The maximum absolute atomic E-state index is 14.5. The van der Waals surface area contributed by atoms with Gasteiger partial charge in [0.25, 0.3) is 10.0 Å². The second-order valence-electron chi connectivity index (χ2n) is 10.3. The number of halogens is 2. The van der Waals surface area contributed by atoms with Crippen molar-refractivity contribution in [3.8, 4) is 5.75 Å². The third-order valence-electron chi connectivity index (χ3n) is 7.09. The minimum atomic E-state index is -4.30. The molecule has 8 nitrogen and oxygen atoms in total. The summed E-state index contributed by atoms with van der Waals surface area (Å²) in [6, 6.07) is 27.7. The molecule has 0 saturated heterocycles. The van der Waals surface area contributed by atoms with Crippen molar-refractivity contribution < 1.29 is 22.7 Å². The first-order chi connectivity index (χ1) is 21.6. The van der Waals surface area contributed by atoms with Crippen LogP contribution in [0.2, 0.25) is 10.0 Å². The lowest BCUT2D eigenvalue weighted by molar-refractivity contribution is -0.140. The van der Waals surface area contributed by atoms with Gasteiger partial charge in [0.1, 0.15) is 18.3 Å². The van der Waals surface area contributed by atoms with Crippen LogP contribution < -0.4 is 14.4 Å². The van der Waals surface area contributed by atoms with Gasteiger partial charge in [-0.15, -0.1) is 0 Å². The van der Waals surface area contributed by atoms with Crippen LogP contribution in [0.4, 0.5) is 5.69 Å². The lowest BCUT2D eigenvalue weighted by atomic mass is 10.0. The average Bonchev–Trinajstić information content (AvgIpc) is 3.06. The van der Waals surface area contributed by atoms with Gasteiger partial charge in [-0.1, -0.05) is 90.8 Å². The van der Waals surface area contributed by atoms with Crippen LogP contribution in [0, 0.1) is 0 Å². The molecule has 2 amide bonds. The third kappa shape index (κ3) is 8.78. The number of carbonyl (C=O) groups is 2. The zero-order chi connectivity index (χ0) is 32.4. The molecule has 0 aliphatic rings. The molecular weight excluding hydrogens is 633 g/mol. The maximum Gasteiger partial charge on any atom is 0.264 e. The van der Waals surface area contributed by atoms with E-state index in [1.807, 2.05) is 43.3 Å². The Hall–Kier alpha value is -4.05. The number of carbonyl (C=O) groups excluding carboxylic acids is 2. The Bertz CT molecular complexity index is 1710. The van der Waals surface area contributed by atoms with E-state index in [2.05, 4.69) is 5.32 Å². The zero-order valence-corrected chi connectivity index (χ0v) is 27.4. The van der Waals surface area contributed by atoms with Gasteiger partial charge < -0.3 is 15.0 Å². The molecule has 0 saturated carbocycles. The van der Waals surface area contributed by atoms with Gasteiger partial charge in [0, 0.05) is 24.5 Å². The Morgan fingerprint density at radius 2 is 1.53 bits per heavy atom. The fraction of sp³-hybridized carbons (Fsp3) is 0.235. The number of amides is 2. The highest BCUT2D eigenvalue weighted by Crippen LogP contribution is 2.33. The summed E-state index contributed by atoms with van der Waals surface area (Å²) in [5.41, 5.74) is 1.57. The fourth-order valence-corrected chi connectivity index (χ4v) is 6.68. The molecule has 0 aliphatic heterocycles. The normalized spacial score (nSPS) is 11.8. The van der Waals surface area contributed by atoms with E-state index < -0.39 is 28.5 Å². The molecule has 1 N–H and O–H groups in total. The van der Waals surface area contributed by atoms with Crippen molar-refractivity contribution in [2.75, 3.05) is 24.5 Å². The summed E-state index contributed by atoms with van der Waals surface area (Å²) in [7, 11) is -2.76. The molecular formula is C34H35Cl2N3O5S. The van der Waals surface area contributed by atoms with Gasteiger partial charge in [-0.05, 0) is 60.0 Å². The summed E-state index contributed by atoms with van der Waals surface area (Å²) in [6.07, 6.45) is 0.902. The fourth-order valence-electron chi connectivity index (χ4n) is 4.80. The van der Waals surface area contributed by atoms with Crippen LogP contribution in [0.25, 0.3) is 0 Å². The molecule has 0 unspecified atom stereocenters. The number of nitrogens with one attached hydrogen (secondary N) is 1. The lowest BCUT2D eigenvalue weighted by Gasteiger charge is -2.34. The van der Waals surface area contributed by atoms with Crippen LogP contribution in [-0.2, 0) is 32.6 Å². The SMILES string of the molecule is CCCNC(=O)[C@@H](Cc1ccccc1)N(Cc1cccc(OC)c1)C(=O)CN(c1cc(Cl)ccc1Cl)S(=O)(=O)c1ccccc1. The number of nitrogens with zero attached hydrogens (tertiary/aromatic N) is 2. The van der Waals surface area contributed by atoms with Crippen molar-refractivity contribution in [2.24, 2.45) is 0 Å². The molecule has 1 atom stereocenters. The maximum atomic E-state index is 14.5. The van der Waals surface area contributed by atoms with E-state index in [1.165, 1.54) is 35.2 Å². The van der Waals surface area contributed by atoms with Gasteiger partial charge in [0.05, 0.1) is 22.7 Å². The van der Waals surface area contributed by atoms with E-state index in [-0.39, 0.29) is 39.5 Å². The number of ether oxygens (including phenoxy) is 1. The van der Waals surface area contributed by atoms with Crippen LogP contribution in [0.15, 0.2) is 108 Å². The number of hydrogen-bond donors (Lipinski definition) is 1. The molecule has 0 bridgehead atoms. The first-order valence-corrected chi connectivity index (χ1v) is 16.6. The largest absolute Gasteiger partial charge is 0.497 e. The predicted molar refractivity (Wildman–Crippen MR) is 178 cm³/mol. The van der Waals surface area contributed by atoms with Crippen molar-refractivity contribution >= 4 is 50.7 Å². The van der Waals surface area contributed by atoms with Gasteiger partial charge >= 0.3 is 0 Å². The highest BCUT2D eigenvalue weighted by Gasteiger charge is 2.35. The zero-order valence-electron chi connectivity index (χ0n) is 25.0. The van der Waals surface area contributed by atoms with Crippen molar-refractivity contribution in [3.05, 3.63) is 124 Å². The summed E-state index contributed by atoms with van der Waals surface area (Å²) < 4.78 is 34.5. The highest BCUT2D eigenvalue weighted by atomic mass is 35.5. The minimum absolute atomic E-state index is 0.00951. The summed E-state index contributed by atoms with van der Waals surface area (Å²) in [6.45, 7) is 1.72. The molecule has 4 aromatic rings. The van der Waals surface area contributed by atoms with Gasteiger partial charge in [-0.25, -0.2) is 8.42 Å². The van der Waals surface area contributed by atoms with Crippen molar-refractivity contribution in [1.82, 2.24) is 10.2 Å². The first kappa shape index (κ1) is 33.8. The number of benzene rings is 4. The Kier molecular flexibility index (Phi) is 11.9. The van der Waals surface area contributed by atoms with Gasteiger partial charge in [0.2, 0.25) is 11.8 Å². The molecule has 236 valence electrons. The molecule has 4 rings (SSSR count). The number of hydrogen-bond acceptors (Lipinski definition) is 5.